The van der Waals surface area contributed by atoms with Gasteiger partial charge in [0.2, 0.25) is 0 Å². The first-order valence-electron chi connectivity index (χ1n) is 10.5. The van der Waals surface area contributed by atoms with Gasteiger partial charge in [-0.25, -0.2) is 4.98 Å². The number of hydrogen-bond donors (Lipinski definition) is 1. The van der Waals surface area contributed by atoms with Crippen molar-refractivity contribution in [1.82, 2.24) is 29.9 Å². The first kappa shape index (κ1) is 21.5. The van der Waals surface area contributed by atoms with Crippen LogP contribution in [0.1, 0.15) is 46.0 Å². The molecule has 0 aliphatic heterocycles. The number of carbonyl (C=O) groups is 1. The second kappa shape index (κ2) is 8.11. The molecule has 4 aromatic rings. The van der Waals surface area contributed by atoms with Gasteiger partial charge in [-0.1, -0.05) is 0 Å². The van der Waals surface area contributed by atoms with Crippen LogP contribution in [-0.4, -0.2) is 37.6 Å². The van der Waals surface area contributed by atoms with Gasteiger partial charge in [-0.05, 0) is 58.0 Å². The topological polar surface area (TPSA) is 86.9 Å². The van der Waals surface area contributed by atoms with E-state index in [0.717, 1.165) is 39.3 Å². The Balaban J connectivity index is 1.78. The van der Waals surface area contributed by atoms with Crippen molar-refractivity contribution in [2.75, 3.05) is 7.11 Å². The number of fused-ring (bicyclic) bond motifs is 1. The number of pyridine rings is 1. The van der Waals surface area contributed by atoms with Crippen molar-refractivity contribution in [3.63, 3.8) is 0 Å². The molecule has 0 aliphatic carbocycles. The highest BCUT2D eigenvalue weighted by Crippen LogP contribution is 2.29. The number of amides is 1. The lowest BCUT2D eigenvalue weighted by molar-refractivity contribution is 0.0941. The van der Waals surface area contributed by atoms with Gasteiger partial charge in [-0.2, -0.15) is 10.2 Å². The SMILES string of the molecule is COc1ccc(-c2cc(C(=O)N[C@@H](C)c3c(C)nn(C)c3C)c3c(C)nn(C)c3n2)cc1. The molecule has 0 bridgehead atoms. The molecule has 0 fully saturated rings. The van der Waals surface area contributed by atoms with Crippen LogP contribution in [0.2, 0.25) is 0 Å². The Hall–Kier alpha value is -3.68. The highest BCUT2D eigenvalue weighted by molar-refractivity contribution is 6.07. The lowest BCUT2D eigenvalue weighted by atomic mass is 10.0. The molecule has 1 aromatic carbocycles. The van der Waals surface area contributed by atoms with Crippen molar-refractivity contribution in [2.24, 2.45) is 14.1 Å². The highest BCUT2D eigenvalue weighted by Gasteiger charge is 2.23. The van der Waals surface area contributed by atoms with Crippen LogP contribution >= 0.6 is 0 Å². The number of aryl methyl sites for hydroxylation is 4. The van der Waals surface area contributed by atoms with E-state index in [9.17, 15) is 4.79 Å². The summed E-state index contributed by atoms with van der Waals surface area (Å²) in [6.07, 6.45) is 0. The molecule has 3 aromatic heterocycles. The maximum absolute atomic E-state index is 13.5. The summed E-state index contributed by atoms with van der Waals surface area (Å²) in [5.74, 6) is 0.596. The van der Waals surface area contributed by atoms with Crippen LogP contribution < -0.4 is 10.1 Å². The van der Waals surface area contributed by atoms with Crippen LogP contribution in [0.4, 0.5) is 0 Å². The average molecular weight is 433 g/mol. The number of hydrogen-bond acceptors (Lipinski definition) is 5. The zero-order valence-electron chi connectivity index (χ0n) is 19.5. The van der Waals surface area contributed by atoms with Gasteiger partial charge in [-0.3, -0.25) is 14.2 Å². The monoisotopic (exact) mass is 432 g/mol. The molecule has 166 valence electrons. The van der Waals surface area contributed by atoms with E-state index in [1.807, 2.05) is 76.8 Å². The van der Waals surface area contributed by atoms with E-state index < -0.39 is 0 Å². The largest absolute Gasteiger partial charge is 0.497 e. The summed E-state index contributed by atoms with van der Waals surface area (Å²) in [6, 6.07) is 9.27. The van der Waals surface area contributed by atoms with Gasteiger partial charge in [-0.15, -0.1) is 0 Å². The Morgan fingerprint density at radius 1 is 1.03 bits per heavy atom. The highest BCUT2D eigenvalue weighted by atomic mass is 16.5. The van der Waals surface area contributed by atoms with E-state index in [1.54, 1.807) is 11.8 Å². The number of rotatable bonds is 5. The zero-order valence-corrected chi connectivity index (χ0v) is 19.5. The van der Waals surface area contributed by atoms with Crippen molar-refractivity contribution >= 4 is 16.9 Å². The van der Waals surface area contributed by atoms with Crippen LogP contribution in [0, 0.1) is 20.8 Å². The van der Waals surface area contributed by atoms with E-state index in [2.05, 4.69) is 15.5 Å². The van der Waals surface area contributed by atoms with Gasteiger partial charge in [0.15, 0.2) is 5.65 Å². The summed E-state index contributed by atoms with van der Waals surface area (Å²) in [5.41, 5.74) is 6.56. The third-order valence-electron chi connectivity index (χ3n) is 5.94. The molecule has 8 nitrogen and oxygen atoms in total. The smallest absolute Gasteiger partial charge is 0.252 e. The summed E-state index contributed by atoms with van der Waals surface area (Å²) in [7, 11) is 5.38. The molecule has 0 unspecified atom stereocenters. The van der Waals surface area contributed by atoms with Crippen LogP contribution in [0.25, 0.3) is 22.3 Å². The molecular formula is C24H28N6O2. The summed E-state index contributed by atoms with van der Waals surface area (Å²) >= 11 is 0. The Morgan fingerprint density at radius 3 is 2.28 bits per heavy atom. The quantitative estimate of drug-likeness (QED) is 0.518. The summed E-state index contributed by atoms with van der Waals surface area (Å²) in [5, 5.41) is 12.9. The lowest BCUT2D eigenvalue weighted by Gasteiger charge is -2.16. The predicted octanol–water partition coefficient (Wildman–Crippen LogP) is 3.79. The first-order chi connectivity index (χ1) is 15.2. The molecular weight excluding hydrogens is 404 g/mol. The normalized spacial score (nSPS) is 12.2. The number of methoxy groups -OCH3 is 1. The van der Waals surface area contributed by atoms with Crippen molar-refractivity contribution in [2.45, 2.75) is 33.7 Å². The van der Waals surface area contributed by atoms with E-state index in [4.69, 9.17) is 9.72 Å². The van der Waals surface area contributed by atoms with Gasteiger partial charge in [0.25, 0.3) is 5.91 Å². The van der Waals surface area contributed by atoms with Gasteiger partial charge >= 0.3 is 0 Å². The molecule has 3 heterocycles. The minimum Gasteiger partial charge on any atom is -0.497 e. The molecule has 8 heteroatoms. The molecule has 0 aliphatic rings. The van der Waals surface area contributed by atoms with Crippen LogP contribution in [0.5, 0.6) is 5.75 Å². The molecule has 0 spiro atoms. The summed E-state index contributed by atoms with van der Waals surface area (Å²) < 4.78 is 8.81. The zero-order chi connectivity index (χ0) is 23.2. The van der Waals surface area contributed by atoms with E-state index in [-0.39, 0.29) is 11.9 Å². The third-order valence-corrected chi connectivity index (χ3v) is 5.94. The Morgan fingerprint density at radius 2 is 1.69 bits per heavy atom. The van der Waals surface area contributed by atoms with E-state index in [1.165, 1.54) is 0 Å². The van der Waals surface area contributed by atoms with Crippen molar-refractivity contribution in [3.8, 4) is 17.0 Å². The van der Waals surface area contributed by atoms with Gasteiger partial charge in [0.1, 0.15) is 5.75 Å². The van der Waals surface area contributed by atoms with Crippen molar-refractivity contribution in [1.29, 1.82) is 0 Å². The fraction of sp³-hybridized carbons (Fsp3) is 0.333. The molecule has 0 saturated heterocycles. The molecule has 0 saturated carbocycles. The number of nitrogens with zero attached hydrogens (tertiary/aromatic N) is 5. The van der Waals surface area contributed by atoms with Gasteiger partial charge in [0.05, 0.1) is 41.2 Å². The Labute approximate surface area is 187 Å². The number of carbonyl (C=O) groups excluding carboxylic acids is 1. The first-order valence-corrected chi connectivity index (χ1v) is 10.5. The fourth-order valence-electron chi connectivity index (χ4n) is 4.30. The minimum atomic E-state index is -0.194. The summed E-state index contributed by atoms with van der Waals surface area (Å²) in [6.45, 7) is 7.85. The van der Waals surface area contributed by atoms with Crippen molar-refractivity contribution in [3.05, 3.63) is 58.5 Å². The second-order valence-electron chi connectivity index (χ2n) is 8.09. The molecule has 0 radical (unpaired) electrons. The minimum absolute atomic E-state index is 0.168. The molecule has 1 N–H and O–H groups in total. The van der Waals surface area contributed by atoms with Gasteiger partial charge in [0, 0.05) is 30.9 Å². The molecule has 4 rings (SSSR count). The van der Waals surface area contributed by atoms with E-state index in [0.29, 0.717) is 16.9 Å². The van der Waals surface area contributed by atoms with Crippen LogP contribution in [0.3, 0.4) is 0 Å². The number of nitrogens with one attached hydrogen (secondary N) is 1. The summed E-state index contributed by atoms with van der Waals surface area (Å²) in [4.78, 5) is 18.3. The number of benzene rings is 1. The van der Waals surface area contributed by atoms with Crippen LogP contribution in [0.15, 0.2) is 30.3 Å². The van der Waals surface area contributed by atoms with Crippen molar-refractivity contribution < 1.29 is 9.53 Å². The third kappa shape index (κ3) is 3.62. The Kier molecular flexibility index (Phi) is 5.46. The number of aromatic nitrogens is 5. The van der Waals surface area contributed by atoms with Gasteiger partial charge < -0.3 is 10.1 Å². The standard InChI is InChI=1S/C24H28N6O2/c1-13(21-14(2)27-29(5)16(21)4)25-24(31)19-12-20(17-8-10-18(32-7)11-9-17)26-23-22(19)15(3)28-30(23)6/h8-13H,1-7H3,(H,25,31)/t13-/m0/s1. The Bertz CT molecular complexity index is 1320. The second-order valence-corrected chi connectivity index (χ2v) is 8.09. The molecule has 1 atom stereocenters. The maximum Gasteiger partial charge on any atom is 0.252 e. The fourth-order valence-corrected chi connectivity index (χ4v) is 4.30. The number of ether oxygens (including phenoxy) is 1. The molecule has 32 heavy (non-hydrogen) atoms. The van der Waals surface area contributed by atoms with E-state index >= 15 is 0 Å². The lowest BCUT2D eigenvalue weighted by Crippen LogP contribution is -2.27. The maximum atomic E-state index is 13.5. The average Bonchev–Trinajstić information content (AvgIpc) is 3.20. The van der Waals surface area contributed by atoms with Crippen LogP contribution in [-0.2, 0) is 14.1 Å². The molecule has 1 amide bonds. The predicted molar refractivity (Wildman–Crippen MR) is 124 cm³/mol.